The quantitative estimate of drug-likeness (QED) is 0.637. The van der Waals surface area contributed by atoms with Crippen LogP contribution in [0.5, 0.6) is 0 Å². The molecule has 4 nitrogen and oxygen atoms in total. The molecule has 4 heteroatoms. The van der Waals surface area contributed by atoms with Crippen molar-refractivity contribution in [3.05, 3.63) is 0 Å². The maximum atomic E-state index is 13.1. The fourth-order valence-corrected chi connectivity index (χ4v) is 4.90. The predicted molar refractivity (Wildman–Crippen MR) is 96.0 cm³/mol. The number of rotatable bonds is 6. The van der Waals surface area contributed by atoms with Gasteiger partial charge in [-0.1, -0.05) is 13.8 Å². The minimum absolute atomic E-state index is 0.0265. The molecule has 0 saturated heterocycles. The molecule has 0 N–H and O–H groups in total. The molecular formula is C21H34O4. The molecule has 0 aliphatic heterocycles. The molecule has 0 aromatic rings. The molecule has 2 bridgehead atoms. The number of carbonyl (C=O) groups excluding carboxylic acids is 2. The van der Waals surface area contributed by atoms with Gasteiger partial charge in [0.2, 0.25) is 0 Å². The van der Waals surface area contributed by atoms with E-state index in [1.807, 2.05) is 20.8 Å². The molecule has 3 fully saturated rings. The molecule has 3 saturated carbocycles. The Balaban J connectivity index is 1.68. The summed E-state index contributed by atoms with van der Waals surface area (Å²) in [4.78, 5) is 25.6. The molecule has 3 rings (SSSR count). The van der Waals surface area contributed by atoms with E-state index in [0.717, 1.165) is 64.2 Å². The van der Waals surface area contributed by atoms with Gasteiger partial charge in [-0.3, -0.25) is 9.59 Å². The van der Waals surface area contributed by atoms with E-state index in [-0.39, 0.29) is 17.5 Å². The standard InChI is InChI=1S/C21H34O4/c1-5-18(3,4)16(22)24-21-13-11-19(15-21,12-14-21)17(23)25-20(6-2)9-7-8-10-20/h5-15H2,1-4H3. The van der Waals surface area contributed by atoms with Crippen LogP contribution in [0.2, 0.25) is 0 Å². The van der Waals surface area contributed by atoms with Gasteiger partial charge in [0.15, 0.2) is 0 Å². The summed E-state index contributed by atoms with van der Waals surface area (Å²) in [6.07, 6.45) is 9.81. The number of hydrogen-bond acceptors (Lipinski definition) is 4. The van der Waals surface area contributed by atoms with E-state index in [9.17, 15) is 9.59 Å². The van der Waals surface area contributed by atoms with E-state index < -0.39 is 16.4 Å². The minimum Gasteiger partial charge on any atom is -0.459 e. The van der Waals surface area contributed by atoms with Gasteiger partial charge < -0.3 is 9.47 Å². The van der Waals surface area contributed by atoms with Crippen LogP contribution in [-0.4, -0.2) is 23.1 Å². The molecule has 3 aliphatic rings. The summed E-state index contributed by atoms with van der Waals surface area (Å²) in [7, 11) is 0. The highest BCUT2D eigenvalue weighted by Crippen LogP contribution is 2.59. The number of carbonyl (C=O) groups is 2. The Hall–Kier alpha value is -1.06. The average Bonchev–Trinajstić information content (AvgIpc) is 3.29. The fourth-order valence-electron chi connectivity index (χ4n) is 4.90. The van der Waals surface area contributed by atoms with Crippen molar-refractivity contribution in [2.24, 2.45) is 10.8 Å². The highest BCUT2D eigenvalue weighted by Gasteiger charge is 2.62. The fraction of sp³-hybridized carbons (Fsp3) is 0.905. The van der Waals surface area contributed by atoms with Crippen molar-refractivity contribution in [2.75, 3.05) is 0 Å². The second-order valence-corrected chi connectivity index (χ2v) is 9.40. The van der Waals surface area contributed by atoms with Crippen LogP contribution in [0.3, 0.4) is 0 Å². The molecule has 0 radical (unpaired) electrons. The van der Waals surface area contributed by atoms with Crippen LogP contribution in [0.1, 0.15) is 98.3 Å². The van der Waals surface area contributed by atoms with Crippen LogP contribution in [0.4, 0.5) is 0 Å². The van der Waals surface area contributed by atoms with E-state index in [4.69, 9.17) is 9.47 Å². The normalized spacial score (nSPS) is 33.4. The van der Waals surface area contributed by atoms with Gasteiger partial charge in [0.25, 0.3) is 0 Å². The zero-order chi connectivity index (χ0) is 18.3. The zero-order valence-corrected chi connectivity index (χ0v) is 16.4. The third-order valence-corrected chi connectivity index (χ3v) is 7.43. The van der Waals surface area contributed by atoms with Crippen molar-refractivity contribution < 1.29 is 19.1 Å². The topological polar surface area (TPSA) is 52.6 Å². The third kappa shape index (κ3) is 3.21. The predicted octanol–water partition coefficient (Wildman–Crippen LogP) is 4.93. The number of hydrogen-bond donors (Lipinski definition) is 0. The van der Waals surface area contributed by atoms with Crippen LogP contribution in [0.25, 0.3) is 0 Å². The van der Waals surface area contributed by atoms with Crippen molar-refractivity contribution in [2.45, 2.75) is 110 Å². The van der Waals surface area contributed by atoms with Crippen molar-refractivity contribution >= 4 is 11.9 Å². The summed E-state index contributed by atoms with van der Waals surface area (Å²) in [5, 5.41) is 0. The maximum Gasteiger partial charge on any atom is 0.312 e. The number of fused-ring (bicyclic) bond motifs is 2. The highest BCUT2D eigenvalue weighted by molar-refractivity contribution is 5.80. The lowest BCUT2D eigenvalue weighted by molar-refractivity contribution is -0.173. The van der Waals surface area contributed by atoms with Crippen LogP contribution in [-0.2, 0) is 19.1 Å². The monoisotopic (exact) mass is 350 g/mol. The lowest BCUT2D eigenvalue weighted by atomic mass is 9.83. The Morgan fingerprint density at radius 2 is 1.52 bits per heavy atom. The first kappa shape index (κ1) is 18.7. The van der Waals surface area contributed by atoms with Gasteiger partial charge in [0, 0.05) is 6.42 Å². The van der Waals surface area contributed by atoms with Crippen LogP contribution in [0.15, 0.2) is 0 Å². The van der Waals surface area contributed by atoms with E-state index in [2.05, 4.69) is 6.92 Å². The molecule has 0 atom stereocenters. The highest BCUT2D eigenvalue weighted by atomic mass is 16.6. The van der Waals surface area contributed by atoms with Gasteiger partial charge in [0.1, 0.15) is 11.2 Å². The van der Waals surface area contributed by atoms with Crippen LogP contribution >= 0.6 is 0 Å². The smallest absolute Gasteiger partial charge is 0.312 e. The average molecular weight is 350 g/mol. The molecule has 142 valence electrons. The molecule has 0 aromatic heterocycles. The minimum atomic E-state index is -0.459. The first-order chi connectivity index (χ1) is 11.7. The van der Waals surface area contributed by atoms with E-state index in [0.29, 0.717) is 6.42 Å². The Kier molecular flexibility index (Phi) is 4.70. The molecular weight excluding hydrogens is 316 g/mol. The van der Waals surface area contributed by atoms with Gasteiger partial charge in [-0.15, -0.1) is 0 Å². The lowest BCUT2D eigenvalue weighted by Crippen LogP contribution is -2.38. The summed E-state index contributed by atoms with van der Waals surface area (Å²) < 4.78 is 12.1. The molecule has 0 amide bonds. The van der Waals surface area contributed by atoms with Gasteiger partial charge >= 0.3 is 11.9 Å². The Labute approximate surface area is 152 Å². The maximum absolute atomic E-state index is 13.1. The number of ether oxygens (including phenoxy) is 2. The molecule has 0 aromatic carbocycles. The second-order valence-electron chi connectivity index (χ2n) is 9.40. The van der Waals surface area contributed by atoms with Crippen LogP contribution in [0, 0.1) is 10.8 Å². The molecule has 25 heavy (non-hydrogen) atoms. The van der Waals surface area contributed by atoms with Gasteiger partial charge in [-0.25, -0.2) is 0 Å². The van der Waals surface area contributed by atoms with Crippen molar-refractivity contribution in [1.29, 1.82) is 0 Å². The Bertz CT molecular complexity index is 534. The van der Waals surface area contributed by atoms with Crippen LogP contribution < -0.4 is 0 Å². The number of esters is 2. The molecule has 0 heterocycles. The molecule has 3 aliphatic carbocycles. The third-order valence-electron chi connectivity index (χ3n) is 7.43. The Morgan fingerprint density at radius 3 is 2.04 bits per heavy atom. The van der Waals surface area contributed by atoms with E-state index in [1.165, 1.54) is 0 Å². The van der Waals surface area contributed by atoms with Gasteiger partial charge in [-0.05, 0) is 78.1 Å². The molecule has 0 spiro atoms. The summed E-state index contributed by atoms with van der Waals surface area (Å²) in [6.45, 7) is 8.00. The second kappa shape index (κ2) is 6.28. The first-order valence-electron chi connectivity index (χ1n) is 10.2. The first-order valence-corrected chi connectivity index (χ1v) is 10.2. The summed E-state index contributed by atoms with van der Waals surface area (Å²) in [6, 6.07) is 0. The van der Waals surface area contributed by atoms with E-state index in [1.54, 1.807) is 0 Å². The Morgan fingerprint density at radius 1 is 0.920 bits per heavy atom. The largest absolute Gasteiger partial charge is 0.459 e. The van der Waals surface area contributed by atoms with Crippen molar-refractivity contribution in [1.82, 2.24) is 0 Å². The molecule has 0 unspecified atom stereocenters. The summed E-state index contributed by atoms with van der Waals surface area (Å²) in [5.74, 6) is -0.150. The lowest BCUT2D eigenvalue weighted by Gasteiger charge is -2.33. The van der Waals surface area contributed by atoms with E-state index >= 15 is 0 Å². The van der Waals surface area contributed by atoms with Gasteiger partial charge in [0.05, 0.1) is 10.8 Å². The van der Waals surface area contributed by atoms with Gasteiger partial charge in [-0.2, -0.15) is 0 Å². The van der Waals surface area contributed by atoms with Crippen molar-refractivity contribution in [3.8, 4) is 0 Å². The summed E-state index contributed by atoms with van der Waals surface area (Å²) in [5.41, 5.74) is -1.54. The summed E-state index contributed by atoms with van der Waals surface area (Å²) >= 11 is 0. The zero-order valence-electron chi connectivity index (χ0n) is 16.4. The SMILES string of the molecule is CCC1(OC(=O)C23CCC(OC(=O)C(C)(C)CC)(CC2)C3)CCCC1. The van der Waals surface area contributed by atoms with Crippen molar-refractivity contribution in [3.63, 3.8) is 0 Å².